The lowest BCUT2D eigenvalue weighted by Gasteiger charge is -2.19. The molecule has 8 nitrogen and oxygen atoms in total. The second-order valence-electron chi connectivity index (χ2n) is 7.53. The first-order chi connectivity index (χ1) is 13.1. The molecule has 8 heteroatoms. The molecule has 0 fully saturated rings. The Morgan fingerprint density at radius 3 is 2.54 bits per heavy atom. The van der Waals surface area contributed by atoms with Crippen LogP contribution in [-0.2, 0) is 4.79 Å². The lowest BCUT2D eigenvalue weighted by atomic mass is 9.89. The van der Waals surface area contributed by atoms with Gasteiger partial charge in [-0.3, -0.25) is 9.59 Å². The van der Waals surface area contributed by atoms with Crippen molar-refractivity contribution in [1.29, 1.82) is 0 Å². The highest BCUT2D eigenvalue weighted by molar-refractivity contribution is 6.07. The number of furan rings is 1. The monoisotopic (exact) mass is 385 g/mol. The number of carbonyl (C=O) groups excluding carboxylic acids is 1. The standard InChI is InChI=1S/C20H23N3O5/c1-10-8-13(12(3)27-10)15-9-14(16-11(2)23-28-18(16)22-15)17(24)21-7-6-20(4,5)19(25)26/h8-9H,6-7H2,1-5H3,(H,21,24)(H,25,26). The highest BCUT2D eigenvalue weighted by Gasteiger charge is 2.27. The molecule has 0 saturated carbocycles. The van der Waals surface area contributed by atoms with Crippen molar-refractivity contribution < 1.29 is 23.6 Å². The van der Waals surface area contributed by atoms with Crippen molar-refractivity contribution in [2.75, 3.05) is 6.54 Å². The summed E-state index contributed by atoms with van der Waals surface area (Å²) in [4.78, 5) is 28.6. The zero-order chi connectivity index (χ0) is 20.6. The van der Waals surface area contributed by atoms with Crippen LogP contribution in [0.25, 0.3) is 22.4 Å². The van der Waals surface area contributed by atoms with E-state index in [1.807, 2.05) is 19.9 Å². The largest absolute Gasteiger partial charge is 0.481 e. The number of rotatable bonds is 6. The molecular weight excluding hydrogens is 362 g/mol. The maximum atomic E-state index is 12.9. The number of aliphatic carboxylic acids is 1. The van der Waals surface area contributed by atoms with Gasteiger partial charge in [-0.2, -0.15) is 0 Å². The Balaban J connectivity index is 1.95. The highest BCUT2D eigenvalue weighted by Crippen LogP contribution is 2.30. The molecular formula is C20H23N3O5. The van der Waals surface area contributed by atoms with E-state index in [2.05, 4.69) is 15.5 Å². The number of amides is 1. The van der Waals surface area contributed by atoms with Gasteiger partial charge in [0.25, 0.3) is 11.6 Å². The maximum Gasteiger partial charge on any atom is 0.309 e. The first kappa shape index (κ1) is 19.6. The minimum absolute atomic E-state index is 0.228. The van der Waals surface area contributed by atoms with Crippen LogP contribution in [0.4, 0.5) is 0 Å². The third kappa shape index (κ3) is 3.62. The van der Waals surface area contributed by atoms with E-state index in [-0.39, 0.29) is 18.2 Å². The summed E-state index contributed by atoms with van der Waals surface area (Å²) in [6.07, 6.45) is 0.303. The Morgan fingerprint density at radius 1 is 1.21 bits per heavy atom. The van der Waals surface area contributed by atoms with Crippen molar-refractivity contribution in [3.05, 3.63) is 34.9 Å². The van der Waals surface area contributed by atoms with E-state index in [0.29, 0.717) is 34.5 Å². The molecule has 1 amide bonds. The normalized spacial score (nSPS) is 11.8. The molecule has 0 spiro atoms. The van der Waals surface area contributed by atoms with Crippen LogP contribution in [0.1, 0.15) is 47.8 Å². The fourth-order valence-corrected chi connectivity index (χ4v) is 2.99. The maximum absolute atomic E-state index is 12.9. The van der Waals surface area contributed by atoms with E-state index < -0.39 is 11.4 Å². The Labute approximate surface area is 161 Å². The summed E-state index contributed by atoms with van der Waals surface area (Å²) < 4.78 is 10.9. The van der Waals surface area contributed by atoms with Gasteiger partial charge >= 0.3 is 5.97 Å². The van der Waals surface area contributed by atoms with Crippen molar-refractivity contribution in [3.8, 4) is 11.3 Å². The summed E-state index contributed by atoms with van der Waals surface area (Å²) in [5.41, 5.74) is 1.60. The molecule has 3 aromatic heterocycles. The van der Waals surface area contributed by atoms with E-state index in [1.54, 1.807) is 26.8 Å². The SMILES string of the molecule is Cc1cc(-c2cc(C(=O)NCCC(C)(C)C(=O)O)c3c(C)noc3n2)c(C)o1. The van der Waals surface area contributed by atoms with Crippen LogP contribution >= 0.6 is 0 Å². The molecule has 0 aliphatic carbocycles. The molecule has 148 valence electrons. The van der Waals surface area contributed by atoms with Gasteiger partial charge in [0.05, 0.1) is 27.8 Å². The molecule has 0 aliphatic heterocycles. The summed E-state index contributed by atoms with van der Waals surface area (Å²) in [6.45, 7) is 8.88. The van der Waals surface area contributed by atoms with Gasteiger partial charge in [0.2, 0.25) is 0 Å². The van der Waals surface area contributed by atoms with Crippen LogP contribution in [0, 0.1) is 26.2 Å². The van der Waals surface area contributed by atoms with Gasteiger partial charge < -0.3 is 19.4 Å². The Bertz CT molecular complexity index is 1060. The Hall–Kier alpha value is -3.16. The zero-order valence-corrected chi connectivity index (χ0v) is 16.5. The smallest absolute Gasteiger partial charge is 0.309 e. The van der Waals surface area contributed by atoms with Gasteiger partial charge in [0.15, 0.2) is 0 Å². The van der Waals surface area contributed by atoms with Crippen LogP contribution in [0.3, 0.4) is 0 Å². The summed E-state index contributed by atoms with van der Waals surface area (Å²) in [5.74, 6) is 0.190. The van der Waals surface area contributed by atoms with Crippen LogP contribution in [0.15, 0.2) is 21.1 Å². The Kier molecular flexibility index (Phi) is 4.97. The van der Waals surface area contributed by atoms with E-state index in [9.17, 15) is 14.7 Å². The second-order valence-corrected chi connectivity index (χ2v) is 7.53. The average molecular weight is 385 g/mol. The molecule has 3 aromatic rings. The highest BCUT2D eigenvalue weighted by atomic mass is 16.5. The second kappa shape index (κ2) is 7.10. The zero-order valence-electron chi connectivity index (χ0n) is 16.5. The summed E-state index contributed by atoms with van der Waals surface area (Å²) in [6, 6.07) is 3.53. The predicted octanol–water partition coefficient (Wildman–Crippen LogP) is 3.64. The number of aryl methyl sites for hydroxylation is 3. The molecule has 3 rings (SSSR count). The fraction of sp³-hybridized carbons (Fsp3) is 0.400. The predicted molar refractivity (Wildman–Crippen MR) is 102 cm³/mol. The van der Waals surface area contributed by atoms with Crippen molar-refractivity contribution in [3.63, 3.8) is 0 Å². The van der Waals surface area contributed by atoms with E-state index in [0.717, 1.165) is 11.3 Å². The van der Waals surface area contributed by atoms with Crippen LogP contribution in [0.2, 0.25) is 0 Å². The molecule has 0 aliphatic rings. The summed E-state index contributed by atoms with van der Waals surface area (Å²) in [7, 11) is 0. The molecule has 0 radical (unpaired) electrons. The van der Waals surface area contributed by atoms with E-state index in [4.69, 9.17) is 8.94 Å². The minimum Gasteiger partial charge on any atom is -0.481 e. The Morgan fingerprint density at radius 2 is 1.93 bits per heavy atom. The van der Waals surface area contributed by atoms with Crippen molar-refractivity contribution in [1.82, 2.24) is 15.5 Å². The van der Waals surface area contributed by atoms with Crippen molar-refractivity contribution >= 4 is 23.0 Å². The molecule has 0 atom stereocenters. The van der Waals surface area contributed by atoms with Gasteiger partial charge in [0, 0.05) is 12.1 Å². The lowest BCUT2D eigenvalue weighted by molar-refractivity contribution is -0.147. The lowest BCUT2D eigenvalue weighted by Crippen LogP contribution is -2.32. The van der Waals surface area contributed by atoms with Gasteiger partial charge in [-0.05, 0) is 53.2 Å². The molecule has 2 N–H and O–H groups in total. The number of carbonyl (C=O) groups is 2. The van der Waals surface area contributed by atoms with Crippen LogP contribution < -0.4 is 5.32 Å². The molecule has 0 unspecified atom stereocenters. The first-order valence-corrected chi connectivity index (χ1v) is 8.96. The number of pyridine rings is 1. The van der Waals surface area contributed by atoms with E-state index >= 15 is 0 Å². The molecule has 0 aromatic carbocycles. The van der Waals surface area contributed by atoms with Crippen molar-refractivity contribution in [2.45, 2.75) is 41.0 Å². The minimum atomic E-state index is -0.926. The molecule has 0 bridgehead atoms. The van der Waals surface area contributed by atoms with Gasteiger partial charge in [-0.15, -0.1) is 0 Å². The molecule has 3 heterocycles. The number of fused-ring (bicyclic) bond motifs is 1. The quantitative estimate of drug-likeness (QED) is 0.665. The number of carboxylic acid groups (broad SMARTS) is 1. The number of aromatic nitrogens is 2. The number of hydrogen-bond donors (Lipinski definition) is 2. The number of nitrogens with one attached hydrogen (secondary N) is 1. The van der Waals surface area contributed by atoms with Crippen LogP contribution in [0.5, 0.6) is 0 Å². The summed E-state index contributed by atoms with van der Waals surface area (Å²) in [5, 5.41) is 16.5. The number of nitrogens with zero attached hydrogens (tertiary/aromatic N) is 2. The third-order valence-corrected chi connectivity index (χ3v) is 4.79. The number of hydrogen-bond acceptors (Lipinski definition) is 6. The topological polar surface area (TPSA) is 118 Å². The van der Waals surface area contributed by atoms with Crippen LogP contribution in [-0.4, -0.2) is 33.7 Å². The third-order valence-electron chi connectivity index (χ3n) is 4.79. The average Bonchev–Trinajstić information content (AvgIpc) is 3.15. The summed E-state index contributed by atoms with van der Waals surface area (Å²) >= 11 is 0. The van der Waals surface area contributed by atoms with Crippen molar-refractivity contribution in [2.24, 2.45) is 5.41 Å². The first-order valence-electron chi connectivity index (χ1n) is 8.96. The van der Waals surface area contributed by atoms with Gasteiger partial charge in [-0.25, -0.2) is 4.98 Å². The fourth-order valence-electron chi connectivity index (χ4n) is 2.99. The van der Waals surface area contributed by atoms with E-state index in [1.165, 1.54) is 0 Å². The van der Waals surface area contributed by atoms with Gasteiger partial charge in [0.1, 0.15) is 11.5 Å². The van der Waals surface area contributed by atoms with Gasteiger partial charge in [-0.1, -0.05) is 5.16 Å². The number of carboxylic acids is 1. The molecule has 0 saturated heterocycles. The molecule has 28 heavy (non-hydrogen) atoms.